The van der Waals surface area contributed by atoms with Crippen molar-refractivity contribution in [2.24, 2.45) is 0 Å². The number of likely N-dealkylation sites (tertiary alicyclic amines) is 1. The molecule has 0 amide bonds. The summed E-state index contributed by atoms with van der Waals surface area (Å²) in [5.74, 6) is 3.17. The van der Waals surface area contributed by atoms with Crippen LogP contribution in [0.25, 0.3) is 0 Å². The molecule has 0 radical (unpaired) electrons. The van der Waals surface area contributed by atoms with Crippen LogP contribution in [0.3, 0.4) is 0 Å². The monoisotopic (exact) mass is 342 g/mol. The summed E-state index contributed by atoms with van der Waals surface area (Å²) in [5.41, 5.74) is -0.00872. The number of aliphatic hydroxyl groups is 1. The van der Waals surface area contributed by atoms with Crippen LogP contribution in [0.5, 0.6) is 5.75 Å². The Morgan fingerprint density at radius 2 is 2.04 bits per heavy atom. The quantitative estimate of drug-likeness (QED) is 0.871. The van der Waals surface area contributed by atoms with Gasteiger partial charge in [-0.2, -0.15) is 0 Å². The predicted octanol–water partition coefficient (Wildman–Crippen LogP) is 3.43. The van der Waals surface area contributed by atoms with Crippen molar-refractivity contribution in [2.45, 2.75) is 56.7 Å². The van der Waals surface area contributed by atoms with Gasteiger partial charge in [-0.25, -0.2) is 4.98 Å². The molecule has 1 saturated carbocycles. The molecule has 5 nitrogen and oxygen atoms in total. The van der Waals surface area contributed by atoms with Gasteiger partial charge in [0, 0.05) is 12.0 Å². The van der Waals surface area contributed by atoms with Crippen molar-refractivity contribution in [3.05, 3.63) is 47.7 Å². The molecule has 4 rings (SSSR count). The van der Waals surface area contributed by atoms with Crippen LogP contribution in [0.4, 0.5) is 0 Å². The zero-order valence-electron chi connectivity index (χ0n) is 14.9. The van der Waals surface area contributed by atoms with Crippen molar-refractivity contribution in [1.82, 2.24) is 9.88 Å². The van der Waals surface area contributed by atoms with Crippen molar-refractivity contribution < 1.29 is 14.3 Å². The Balaban J connectivity index is 1.50. The summed E-state index contributed by atoms with van der Waals surface area (Å²) < 4.78 is 11.1. The minimum atomic E-state index is -0.922. The Morgan fingerprint density at radius 3 is 2.72 bits per heavy atom. The molecule has 5 heteroatoms. The van der Waals surface area contributed by atoms with Crippen LogP contribution in [0, 0.1) is 0 Å². The van der Waals surface area contributed by atoms with Gasteiger partial charge in [0.25, 0.3) is 0 Å². The molecule has 2 atom stereocenters. The zero-order chi connectivity index (χ0) is 17.4. The van der Waals surface area contributed by atoms with Gasteiger partial charge in [0.2, 0.25) is 5.89 Å². The fraction of sp³-hybridized carbons (Fsp3) is 0.550. The SMILES string of the molecule is COc1ccc([C@](C)(O)[C@@H]2CCCN2Cc2ncc(C3CC3)o2)cc1. The number of rotatable bonds is 6. The molecule has 1 aliphatic heterocycles. The average Bonchev–Trinajstić information content (AvgIpc) is 3.18. The van der Waals surface area contributed by atoms with Gasteiger partial charge < -0.3 is 14.3 Å². The first-order valence-electron chi connectivity index (χ1n) is 9.13. The third-order valence-electron chi connectivity index (χ3n) is 5.58. The Bertz CT molecular complexity index is 719. The van der Waals surface area contributed by atoms with Gasteiger partial charge in [0.05, 0.1) is 19.9 Å². The summed E-state index contributed by atoms with van der Waals surface area (Å²) in [7, 11) is 1.65. The number of ether oxygens (including phenoxy) is 1. The Kier molecular flexibility index (Phi) is 4.29. The third kappa shape index (κ3) is 3.31. The predicted molar refractivity (Wildman–Crippen MR) is 94.5 cm³/mol. The summed E-state index contributed by atoms with van der Waals surface area (Å²) >= 11 is 0. The molecule has 0 bridgehead atoms. The maximum Gasteiger partial charge on any atom is 0.208 e. The lowest BCUT2D eigenvalue weighted by Crippen LogP contribution is -2.45. The summed E-state index contributed by atoms with van der Waals surface area (Å²) in [6, 6.07) is 7.76. The number of hydrogen-bond donors (Lipinski definition) is 1. The van der Waals surface area contributed by atoms with Crippen LogP contribution in [0.1, 0.15) is 55.7 Å². The molecule has 1 aromatic heterocycles. The number of aromatic nitrogens is 1. The molecule has 1 aromatic carbocycles. The van der Waals surface area contributed by atoms with E-state index in [2.05, 4.69) is 9.88 Å². The van der Waals surface area contributed by atoms with E-state index < -0.39 is 5.60 Å². The average molecular weight is 342 g/mol. The van der Waals surface area contributed by atoms with Gasteiger partial charge in [-0.15, -0.1) is 0 Å². The molecule has 2 fully saturated rings. The smallest absolute Gasteiger partial charge is 0.208 e. The number of benzene rings is 1. The van der Waals surface area contributed by atoms with E-state index in [0.717, 1.165) is 42.4 Å². The van der Waals surface area contributed by atoms with Crippen molar-refractivity contribution in [3.63, 3.8) is 0 Å². The van der Waals surface area contributed by atoms with Crippen LogP contribution in [-0.4, -0.2) is 34.7 Å². The molecule has 2 aliphatic rings. The lowest BCUT2D eigenvalue weighted by Gasteiger charge is -2.36. The van der Waals surface area contributed by atoms with Gasteiger partial charge in [0.1, 0.15) is 17.1 Å². The number of hydrogen-bond acceptors (Lipinski definition) is 5. The van der Waals surface area contributed by atoms with Crippen molar-refractivity contribution >= 4 is 0 Å². The van der Waals surface area contributed by atoms with E-state index in [1.165, 1.54) is 12.8 Å². The largest absolute Gasteiger partial charge is 0.497 e. The summed E-state index contributed by atoms with van der Waals surface area (Å²) in [6.07, 6.45) is 6.35. The van der Waals surface area contributed by atoms with Crippen LogP contribution >= 0.6 is 0 Å². The van der Waals surface area contributed by atoms with Gasteiger partial charge in [0.15, 0.2) is 0 Å². The van der Waals surface area contributed by atoms with Gasteiger partial charge in [-0.3, -0.25) is 4.90 Å². The van der Waals surface area contributed by atoms with Crippen LogP contribution in [0.2, 0.25) is 0 Å². The van der Waals surface area contributed by atoms with Gasteiger partial charge in [-0.1, -0.05) is 12.1 Å². The Morgan fingerprint density at radius 1 is 1.28 bits per heavy atom. The second-order valence-electron chi connectivity index (χ2n) is 7.44. The van der Waals surface area contributed by atoms with Crippen molar-refractivity contribution in [2.75, 3.05) is 13.7 Å². The lowest BCUT2D eigenvalue weighted by atomic mass is 9.86. The van der Waals surface area contributed by atoms with Gasteiger partial charge >= 0.3 is 0 Å². The number of nitrogens with zero attached hydrogens (tertiary/aromatic N) is 2. The normalized spacial score (nSPS) is 23.6. The van der Waals surface area contributed by atoms with E-state index in [0.29, 0.717) is 12.5 Å². The first-order chi connectivity index (χ1) is 12.1. The fourth-order valence-corrected chi connectivity index (χ4v) is 3.90. The fourth-order valence-electron chi connectivity index (χ4n) is 3.90. The van der Waals surface area contributed by atoms with Crippen LogP contribution < -0.4 is 4.74 Å². The molecule has 25 heavy (non-hydrogen) atoms. The molecule has 1 N–H and O–H groups in total. The molecule has 2 aromatic rings. The third-order valence-corrected chi connectivity index (χ3v) is 5.58. The summed E-state index contributed by atoms with van der Waals surface area (Å²) in [5, 5.41) is 11.3. The number of oxazole rings is 1. The molecular formula is C20H26N2O3. The van der Waals surface area contributed by atoms with E-state index in [1.807, 2.05) is 37.4 Å². The maximum absolute atomic E-state index is 11.3. The topological polar surface area (TPSA) is 58.7 Å². The molecule has 2 heterocycles. The highest BCUT2D eigenvalue weighted by molar-refractivity contribution is 5.31. The minimum Gasteiger partial charge on any atom is -0.497 e. The summed E-state index contributed by atoms with van der Waals surface area (Å²) in [6.45, 7) is 3.52. The minimum absolute atomic E-state index is 0.0529. The first kappa shape index (κ1) is 16.6. The highest BCUT2D eigenvalue weighted by Gasteiger charge is 2.41. The van der Waals surface area contributed by atoms with Gasteiger partial charge in [-0.05, 0) is 56.8 Å². The van der Waals surface area contributed by atoms with E-state index >= 15 is 0 Å². The maximum atomic E-state index is 11.3. The molecule has 0 spiro atoms. The molecule has 134 valence electrons. The van der Waals surface area contributed by atoms with E-state index in [4.69, 9.17) is 9.15 Å². The molecular weight excluding hydrogens is 316 g/mol. The van der Waals surface area contributed by atoms with E-state index in [-0.39, 0.29) is 6.04 Å². The highest BCUT2D eigenvalue weighted by Crippen LogP contribution is 2.41. The van der Waals surface area contributed by atoms with E-state index in [1.54, 1.807) is 7.11 Å². The molecule has 1 saturated heterocycles. The zero-order valence-corrected chi connectivity index (χ0v) is 14.9. The Labute approximate surface area is 148 Å². The molecule has 1 aliphatic carbocycles. The van der Waals surface area contributed by atoms with Crippen molar-refractivity contribution in [3.8, 4) is 5.75 Å². The second kappa shape index (κ2) is 6.46. The molecule has 0 unspecified atom stereocenters. The van der Waals surface area contributed by atoms with Crippen LogP contribution in [0.15, 0.2) is 34.9 Å². The highest BCUT2D eigenvalue weighted by atomic mass is 16.5. The van der Waals surface area contributed by atoms with Crippen LogP contribution in [-0.2, 0) is 12.1 Å². The standard InChI is InChI=1S/C20H26N2O3/c1-20(23,15-7-9-16(24-2)10-8-15)18-4-3-11-22(18)13-19-21-12-17(25-19)14-5-6-14/h7-10,12,14,18,23H,3-6,11,13H2,1-2H3/t18-,20-/m0/s1. The lowest BCUT2D eigenvalue weighted by molar-refractivity contribution is -0.0275. The van der Waals surface area contributed by atoms with E-state index in [9.17, 15) is 5.11 Å². The first-order valence-corrected chi connectivity index (χ1v) is 9.13. The second-order valence-corrected chi connectivity index (χ2v) is 7.44. The Hall–Kier alpha value is -1.85. The number of methoxy groups -OCH3 is 1. The summed E-state index contributed by atoms with van der Waals surface area (Å²) in [4.78, 5) is 6.74. The van der Waals surface area contributed by atoms with Crippen molar-refractivity contribution in [1.29, 1.82) is 0 Å².